The molecule has 0 radical (unpaired) electrons. The predicted octanol–water partition coefficient (Wildman–Crippen LogP) is 7.29. The first kappa shape index (κ1) is 35.0. The maximum absolute atomic E-state index is 13.7. The van der Waals surface area contributed by atoms with Crippen molar-refractivity contribution in [3.63, 3.8) is 0 Å². The summed E-state index contributed by atoms with van der Waals surface area (Å²) in [5.74, 6) is -2.34. The summed E-state index contributed by atoms with van der Waals surface area (Å²) >= 11 is 1.25. The zero-order chi connectivity index (χ0) is 35.6. The van der Waals surface area contributed by atoms with Crippen LogP contribution in [-0.4, -0.2) is 41.0 Å². The minimum absolute atomic E-state index is 0.0287. The van der Waals surface area contributed by atoms with Gasteiger partial charge in [0.15, 0.2) is 0 Å². The Morgan fingerprint density at radius 2 is 1.50 bits per heavy atom. The van der Waals surface area contributed by atoms with Crippen LogP contribution >= 0.6 is 11.8 Å². The van der Waals surface area contributed by atoms with Crippen molar-refractivity contribution in [3.05, 3.63) is 155 Å². The molecule has 0 aliphatic carbocycles. The van der Waals surface area contributed by atoms with Gasteiger partial charge in [-0.25, -0.2) is 4.79 Å². The topological polar surface area (TPSA) is 154 Å². The fourth-order valence-electron chi connectivity index (χ4n) is 4.89. The maximum atomic E-state index is 13.7. The molecule has 0 saturated carbocycles. The third-order valence-electron chi connectivity index (χ3n) is 7.47. The molecule has 0 aliphatic heterocycles. The summed E-state index contributed by atoms with van der Waals surface area (Å²) in [5.41, 5.74) is 2.96. The van der Waals surface area contributed by atoms with Crippen molar-refractivity contribution in [3.8, 4) is 11.5 Å². The van der Waals surface area contributed by atoms with Gasteiger partial charge in [0, 0.05) is 33.5 Å². The van der Waals surface area contributed by atoms with Crippen LogP contribution in [0.5, 0.6) is 11.5 Å². The van der Waals surface area contributed by atoms with Crippen molar-refractivity contribution in [2.75, 3.05) is 17.7 Å². The van der Waals surface area contributed by atoms with Gasteiger partial charge in [-0.3, -0.25) is 14.4 Å². The second-order valence-electron chi connectivity index (χ2n) is 11.0. The summed E-state index contributed by atoms with van der Waals surface area (Å²) in [6.07, 6.45) is 1.45. The Kier molecular flexibility index (Phi) is 11.3. The highest BCUT2D eigenvalue weighted by atomic mass is 32.2. The number of carbonyl (C=O) groups excluding carboxylic acids is 3. The van der Waals surface area contributed by atoms with Gasteiger partial charge < -0.3 is 30.9 Å². The summed E-state index contributed by atoms with van der Waals surface area (Å²) in [7, 11) is 1.43. The Morgan fingerprint density at radius 1 is 0.780 bits per heavy atom. The van der Waals surface area contributed by atoms with Crippen molar-refractivity contribution >= 4 is 52.9 Å². The number of methoxy groups -OCH3 is 1. The fraction of sp³-hybridized carbons (Fsp3) is 0.0769. The Bertz CT molecular complexity index is 2070. The number of benzene rings is 5. The van der Waals surface area contributed by atoms with Crippen molar-refractivity contribution in [1.29, 1.82) is 0 Å². The van der Waals surface area contributed by atoms with Crippen LogP contribution in [0.3, 0.4) is 0 Å². The molecule has 1 atom stereocenters. The summed E-state index contributed by atoms with van der Waals surface area (Å²) in [6, 6.07) is 33.4. The van der Waals surface area contributed by atoms with E-state index in [1.165, 1.54) is 49.2 Å². The molecule has 11 heteroatoms. The Labute approximate surface area is 292 Å². The summed E-state index contributed by atoms with van der Waals surface area (Å²) in [4.78, 5) is 52.8. The average molecular weight is 688 g/mol. The molecule has 0 saturated heterocycles. The normalized spacial score (nSPS) is 11.6. The van der Waals surface area contributed by atoms with Gasteiger partial charge >= 0.3 is 5.97 Å². The zero-order valence-corrected chi connectivity index (χ0v) is 27.9. The van der Waals surface area contributed by atoms with Gasteiger partial charge in [-0.2, -0.15) is 0 Å². The molecule has 10 nitrogen and oxygen atoms in total. The number of ether oxygens (including phenoxy) is 1. The molecule has 5 aromatic rings. The summed E-state index contributed by atoms with van der Waals surface area (Å²) < 4.78 is 5.37. The monoisotopic (exact) mass is 687 g/mol. The van der Waals surface area contributed by atoms with Crippen molar-refractivity contribution in [1.82, 2.24) is 5.32 Å². The molecule has 3 amide bonds. The molecule has 0 bridgehead atoms. The molecule has 0 aromatic heterocycles. The minimum atomic E-state index is -1.10. The van der Waals surface area contributed by atoms with Crippen LogP contribution in [0.1, 0.15) is 42.7 Å². The molecule has 0 aliphatic rings. The van der Waals surface area contributed by atoms with Gasteiger partial charge in [0.25, 0.3) is 11.8 Å². The third-order valence-corrected chi connectivity index (χ3v) is 8.72. The number of aryl methyl sites for hydroxylation is 1. The number of anilines is 2. The van der Waals surface area contributed by atoms with E-state index in [4.69, 9.17) is 4.74 Å². The van der Waals surface area contributed by atoms with Gasteiger partial charge in [-0.1, -0.05) is 60.7 Å². The largest absolute Gasteiger partial charge is 0.508 e. The quantitative estimate of drug-likeness (QED) is 0.0677. The molecule has 5 rings (SSSR count). The van der Waals surface area contributed by atoms with Crippen LogP contribution in [-0.2, 0) is 9.59 Å². The number of phenols is 1. The number of carbonyl (C=O) groups is 4. The molecular formula is C39H33N3O7S. The number of nitrogens with one attached hydrogen (secondary N) is 3. The molecular weight excluding hydrogens is 655 g/mol. The van der Waals surface area contributed by atoms with E-state index in [0.29, 0.717) is 38.5 Å². The summed E-state index contributed by atoms with van der Waals surface area (Å²) in [6.45, 7) is 1.78. The SMILES string of the molecule is COc1cc(O)ccc1/C=C(/NC(=O)c1ccccc1)C(=O)Nc1cccc(SC(C(=O)Nc2cc(C(=O)O)ccc2C)c2ccccc2)c1. The highest BCUT2D eigenvalue weighted by molar-refractivity contribution is 8.00. The number of hydrogen-bond donors (Lipinski definition) is 5. The Balaban J connectivity index is 1.41. The molecule has 5 N–H and O–H groups in total. The van der Waals surface area contributed by atoms with E-state index in [-0.39, 0.29) is 28.7 Å². The van der Waals surface area contributed by atoms with Gasteiger partial charge in [0.1, 0.15) is 22.4 Å². The number of amides is 3. The van der Waals surface area contributed by atoms with E-state index < -0.39 is 23.0 Å². The van der Waals surface area contributed by atoms with E-state index in [9.17, 15) is 29.4 Å². The molecule has 0 spiro atoms. The van der Waals surface area contributed by atoms with Crippen LogP contribution in [0, 0.1) is 6.92 Å². The molecule has 5 aromatic carbocycles. The number of thioether (sulfide) groups is 1. The van der Waals surface area contributed by atoms with Gasteiger partial charge in [0.05, 0.1) is 12.7 Å². The summed E-state index contributed by atoms with van der Waals surface area (Å²) in [5, 5.41) is 27.0. The Hall–Kier alpha value is -6.33. The first-order chi connectivity index (χ1) is 24.1. The number of aromatic hydroxyl groups is 1. The maximum Gasteiger partial charge on any atom is 0.335 e. The van der Waals surface area contributed by atoms with Gasteiger partial charge in [-0.05, 0) is 78.7 Å². The van der Waals surface area contributed by atoms with Gasteiger partial charge in [0.2, 0.25) is 5.91 Å². The second-order valence-corrected chi connectivity index (χ2v) is 12.2. The molecule has 0 heterocycles. The highest BCUT2D eigenvalue weighted by Gasteiger charge is 2.24. The lowest BCUT2D eigenvalue weighted by atomic mass is 10.1. The van der Waals surface area contributed by atoms with Crippen molar-refractivity contribution in [2.24, 2.45) is 0 Å². The van der Waals surface area contributed by atoms with Crippen molar-refractivity contribution in [2.45, 2.75) is 17.1 Å². The number of phenolic OH excluding ortho intramolecular Hbond substituents is 1. The standard InChI is InChI=1S/C39H33N3O7S/c1-24-16-17-28(39(47)48)21-32(24)41-38(46)35(25-10-5-3-6-11-25)50-31-15-9-14-29(22-31)40-37(45)33(42-36(44)26-12-7-4-8-13-26)20-27-18-19-30(43)23-34(27)49-2/h3-23,35,43H,1-2H3,(H,40,45)(H,41,46)(H,42,44)(H,47,48)/b33-20+. The molecule has 252 valence electrons. The lowest BCUT2D eigenvalue weighted by Crippen LogP contribution is -2.30. The van der Waals surface area contributed by atoms with E-state index in [1.54, 1.807) is 73.7 Å². The van der Waals surface area contributed by atoms with Gasteiger partial charge in [-0.15, -0.1) is 11.8 Å². The molecule has 50 heavy (non-hydrogen) atoms. The fourth-order valence-corrected chi connectivity index (χ4v) is 5.97. The van der Waals surface area contributed by atoms with E-state index in [0.717, 1.165) is 0 Å². The molecule has 1 unspecified atom stereocenters. The predicted molar refractivity (Wildman–Crippen MR) is 193 cm³/mol. The number of carboxylic acids is 1. The minimum Gasteiger partial charge on any atom is -0.508 e. The number of rotatable bonds is 12. The number of hydrogen-bond acceptors (Lipinski definition) is 7. The van der Waals surface area contributed by atoms with Crippen LogP contribution in [0.15, 0.2) is 132 Å². The van der Waals surface area contributed by atoms with E-state index >= 15 is 0 Å². The number of aromatic carboxylic acids is 1. The smallest absolute Gasteiger partial charge is 0.335 e. The van der Waals surface area contributed by atoms with E-state index in [2.05, 4.69) is 16.0 Å². The van der Waals surface area contributed by atoms with Crippen LogP contribution in [0.2, 0.25) is 0 Å². The van der Waals surface area contributed by atoms with Crippen molar-refractivity contribution < 1.29 is 34.1 Å². The number of carboxylic acid groups (broad SMARTS) is 1. The zero-order valence-electron chi connectivity index (χ0n) is 27.0. The first-order valence-corrected chi connectivity index (χ1v) is 16.2. The first-order valence-electron chi connectivity index (χ1n) is 15.3. The van der Waals surface area contributed by atoms with Crippen LogP contribution < -0.4 is 20.7 Å². The lowest BCUT2D eigenvalue weighted by Gasteiger charge is -2.19. The van der Waals surface area contributed by atoms with Crippen LogP contribution in [0.4, 0.5) is 11.4 Å². The molecule has 0 fully saturated rings. The highest BCUT2D eigenvalue weighted by Crippen LogP contribution is 2.37. The average Bonchev–Trinajstić information content (AvgIpc) is 3.12. The third kappa shape index (κ3) is 8.97. The van der Waals surface area contributed by atoms with Crippen LogP contribution in [0.25, 0.3) is 6.08 Å². The lowest BCUT2D eigenvalue weighted by molar-refractivity contribution is -0.116. The second kappa shape index (κ2) is 16.2. The van der Waals surface area contributed by atoms with E-state index in [1.807, 2.05) is 30.3 Å². The Morgan fingerprint density at radius 3 is 2.20 bits per heavy atom.